The molecule has 2 heteroatoms. The van der Waals surface area contributed by atoms with Crippen LogP contribution in [0.5, 0.6) is 0 Å². The molecule has 1 aromatic carbocycles. The molecule has 0 aliphatic heterocycles. The van der Waals surface area contributed by atoms with Gasteiger partial charge in [0.05, 0.1) is 12.7 Å². The Morgan fingerprint density at radius 1 is 1.29 bits per heavy atom. The Morgan fingerprint density at radius 2 is 2.00 bits per heavy atom. The van der Waals surface area contributed by atoms with Gasteiger partial charge in [-0.2, -0.15) is 0 Å². The number of unbranched alkanes of at least 4 members (excludes halogenated alkanes) is 1. The standard InChI is InChI=1S/C19H28O2/c1-5-6-12-19(16(2)3)13-17(4)21-15-20-14-18-10-8-7-9-11-18/h7-11,13,17H,2,5-6,12,14-15H2,1,3-4H3/b19-13-. The zero-order valence-corrected chi connectivity index (χ0v) is 13.6. The van der Waals surface area contributed by atoms with Crippen molar-refractivity contribution in [2.24, 2.45) is 0 Å². The molecule has 1 rings (SSSR count). The van der Waals surface area contributed by atoms with Gasteiger partial charge in [0.15, 0.2) is 0 Å². The molecule has 0 N–H and O–H groups in total. The van der Waals surface area contributed by atoms with Crippen molar-refractivity contribution in [3.63, 3.8) is 0 Å². The number of allylic oxidation sites excluding steroid dienone is 2. The van der Waals surface area contributed by atoms with E-state index in [0.29, 0.717) is 13.4 Å². The summed E-state index contributed by atoms with van der Waals surface area (Å²) in [6, 6.07) is 10.1. The highest BCUT2D eigenvalue weighted by Gasteiger charge is 2.03. The van der Waals surface area contributed by atoms with Crippen molar-refractivity contribution in [2.45, 2.75) is 52.7 Å². The van der Waals surface area contributed by atoms with Gasteiger partial charge in [0.2, 0.25) is 0 Å². The summed E-state index contributed by atoms with van der Waals surface area (Å²) in [4.78, 5) is 0. The summed E-state index contributed by atoms with van der Waals surface area (Å²) in [5.41, 5.74) is 3.59. The molecule has 0 aliphatic carbocycles. The van der Waals surface area contributed by atoms with Crippen molar-refractivity contribution in [1.82, 2.24) is 0 Å². The summed E-state index contributed by atoms with van der Waals surface area (Å²) >= 11 is 0. The molecule has 0 saturated heterocycles. The van der Waals surface area contributed by atoms with Gasteiger partial charge in [-0.25, -0.2) is 0 Å². The summed E-state index contributed by atoms with van der Waals surface area (Å²) in [5.74, 6) is 0. The minimum atomic E-state index is 0.0457. The fraction of sp³-hybridized carbons (Fsp3) is 0.474. The number of rotatable bonds is 10. The van der Waals surface area contributed by atoms with E-state index in [4.69, 9.17) is 9.47 Å². The SMILES string of the molecule is C=C(C)/C(=C\C(C)OCOCc1ccccc1)CCCC. The van der Waals surface area contributed by atoms with E-state index in [9.17, 15) is 0 Å². The molecule has 1 unspecified atom stereocenters. The Balaban J connectivity index is 2.31. The first-order valence-corrected chi connectivity index (χ1v) is 7.73. The minimum absolute atomic E-state index is 0.0457. The van der Waals surface area contributed by atoms with Crippen LogP contribution in [0.4, 0.5) is 0 Å². The van der Waals surface area contributed by atoms with Gasteiger partial charge in [-0.05, 0) is 37.8 Å². The fourth-order valence-electron chi connectivity index (χ4n) is 2.03. The summed E-state index contributed by atoms with van der Waals surface area (Å²) < 4.78 is 11.2. The van der Waals surface area contributed by atoms with Crippen LogP contribution in [0.3, 0.4) is 0 Å². The van der Waals surface area contributed by atoms with Crippen LogP contribution in [-0.4, -0.2) is 12.9 Å². The molecule has 0 aliphatic rings. The van der Waals surface area contributed by atoms with Gasteiger partial charge in [0, 0.05) is 0 Å². The van der Waals surface area contributed by atoms with E-state index in [1.807, 2.05) is 37.3 Å². The van der Waals surface area contributed by atoms with E-state index in [2.05, 4.69) is 26.5 Å². The second-order valence-electron chi connectivity index (χ2n) is 5.40. The molecule has 0 saturated carbocycles. The second kappa shape index (κ2) is 10.4. The lowest BCUT2D eigenvalue weighted by Crippen LogP contribution is -2.10. The minimum Gasteiger partial charge on any atom is -0.351 e. The predicted octanol–water partition coefficient (Wildman–Crippen LogP) is 5.26. The van der Waals surface area contributed by atoms with Gasteiger partial charge < -0.3 is 9.47 Å². The molecule has 116 valence electrons. The Morgan fingerprint density at radius 3 is 2.62 bits per heavy atom. The molecule has 1 atom stereocenters. The fourth-order valence-corrected chi connectivity index (χ4v) is 2.03. The monoisotopic (exact) mass is 288 g/mol. The maximum atomic E-state index is 5.68. The average molecular weight is 288 g/mol. The van der Waals surface area contributed by atoms with E-state index in [1.54, 1.807) is 0 Å². The van der Waals surface area contributed by atoms with E-state index in [-0.39, 0.29) is 6.10 Å². The van der Waals surface area contributed by atoms with Crippen LogP contribution in [0.25, 0.3) is 0 Å². The van der Waals surface area contributed by atoms with Crippen molar-refractivity contribution in [2.75, 3.05) is 6.79 Å². The van der Waals surface area contributed by atoms with Gasteiger partial charge in [0.1, 0.15) is 6.79 Å². The highest BCUT2D eigenvalue weighted by atomic mass is 16.7. The summed E-state index contributed by atoms with van der Waals surface area (Å²) in [6.07, 6.45) is 5.66. The molecular formula is C19H28O2. The zero-order chi connectivity index (χ0) is 15.5. The van der Waals surface area contributed by atoms with Crippen molar-refractivity contribution in [1.29, 1.82) is 0 Å². The molecular weight excluding hydrogens is 260 g/mol. The number of ether oxygens (including phenoxy) is 2. The van der Waals surface area contributed by atoms with Crippen LogP contribution < -0.4 is 0 Å². The molecule has 0 spiro atoms. The molecule has 0 radical (unpaired) electrons. The number of hydrogen-bond donors (Lipinski definition) is 0. The smallest absolute Gasteiger partial charge is 0.147 e. The average Bonchev–Trinajstić information content (AvgIpc) is 2.48. The molecule has 1 aromatic rings. The Bertz CT molecular complexity index is 434. The van der Waals surface area contributed by atoms with Crippen molar-refractivity contribution >= 4 is 0 Å². The van der Waals surface area contributed by atoms with Gasteiger partial charge in [-0.3, -0.25) is 0 Å². The quantitative estimate of drug-likeness (QED) is 0.332. The maximum Gasteiger partial charge on any atom is 0.147 e. The number of benzene rings is 1. The molecule has 0 fully saturated rings. The molecule has 21 heavy (non-hydrogen) atoms. The largest absolute Gasteiger partial charge is 0.351 e. The van der Waals surface area contributed by atoms with Crippen molar-refractivity contribution < 1.29 is 9.47 Å². The Kier molecular flexibility index (Phi) is 8.72. The third-order valence-corrected chi connectivity index (χ3v) is 3.31. The number of hydrogen-bond acceptors (Lipinski definition) is 2. The highest BCUT2D eigenvalue weighted by molar-refractivity contribution is 5.27. The van der Waals surface area contributed by atoms with Gasteiger partial charge in [0.25, 0.3) is 0 Å². The Hall–Kier alpha value is -1.38. The lowest BCUT2D eigenvalue weighted by Gasteiger charge is -2.13. The normalized spacial score (nSPS) is 13.2. The summed E-state index contributed by atoms with van der Waals surface area (Å²) in [6.45, 7) is 11.2. The van der Waals surface area contributed by atoms with Crippen molar-refractivity contribution in [3.05, 3.63) is 59.7 Å². The van der Waals surface area contributed by atoms with E-state index in [1.165, 1.54) is 18.4 Å². The lowest BCUT2D eigenvalue weighted by molar-refractivity contribution is -0.0776. The lowest BCUT2D eigenvalue weighted by atomic mass is 10.0. The van der Waals surface area contributed by atoms with Crippen LogP contribution >= 0.6 is 0 Å². The topological polar surface area (TPSA) is 18.5 Å². The Labute approximate surface area is 129 Å². The van der Waals surface area contributed by atoms with Crippen LogP contribution in [0.15, 0.2) is 54.1 Å². The first kappa shape index (κ1) is 17.7. The molecule has 0 bridgehead atoms. The van der Waals surface area contributed by atoms with Gasteiger partial charge in [-0.1, -0.05) is 61.9 Å². The van der Waals surface area contributed by atoms with Crippen LogP contribution in [0.1, 0.15) is 45.6 Å². The van der Waals surface area contributed by atoms with Gasteiger partial charge >= 0.3 is 0 Å². The van der Waals surface area contributed by atoms with E-state index in [0.717, 1.165) is 17.6 Å². The first-order chi connectivity index (χ1) is 10.1. The van der Waals surface area contributed by atoms with Crippen LogP contribution in [0, 0.1) is 0 Å². The first-order valence-electron chi connectivity index (χ1n) is 7.73. The predicted molar refractivity (Wildman–Crippen MR) is 89.1 cm³/mol. The third-order valence-electron chi connectivity index (χ3n) is 3.31. The highest BCUT2D eigenvalue weighted by Crippen LogP contribution is 2.16. The van der Waals surface area contributed by atoms with Gasteiger partial charge in [-0.15, -0.1) is 0 Å². The summed E-state index contributed by atoms with van der Waals surface area (Å²) in [5, 5.41) is 0. The van der Waals surface area contributed by atoms with Crippen LogP contribution in [0.2, 0.25) is 0 Å². The second-order valence-corrected chi connectivity index (χ2v) is 5.40. The molecule has 2 nitrogen and oxygen atoms in total. The molecule has 0 amide bonds. The van der Waals surface area contributed by atoms with E-state index >= 15 is 0 Å². The molecule has 0 aromatic heterocycles. The van der Waals surface area contributed by atoms with Crippen LogP contribution in [-0.2, 0) is 16.1 Å². The third kappa shape index (κ3) is 7.84. The van der Waals surface area contributed by atoms with E-state index < -0.39 is 0 Å². The zero-order valence-electron chi connectivity index (χ0n) is 13.6. The summed E-state index contributed by atoms with van der Waals surface area (Å²) in [7, 11) is 0. The maximum absolute atomic E-state index is 5.68. The molecule has 0 heterocycles. The van der Waals surface area contributed by atoms with Crippen molar-refractivity contribution in [3.8, 4) is 0 Å².